The highest BCUT2D eigenvalue weighted by Gasteiger charge is 2.23. The predicted molar refractivity (Wildman–Crippen MR) is 77.0 cm³/mol. The van der Waals surface area contributed by atoms with Gasteiger partial charge in [-0.15, -0.1) is 0 Å². The maximum absolute atomic E-state index is 12.0. The largest absolute Gasteiger partial charge is 0.481 e. The van der Waals surface area contributed by atoms with Gasteiger partial charge in [0.15, 0.2) is 9.84 Å². The van der Waals surface area contributed by atoms with Crippen molar-refractivity contribution in [2.75, 3.05) is 24.2 Å². The van der Waals surface area contributed by atoms with Crippen LogP contribution in [-0.2, 0) is 14.6 Å². The summed E-state index contributed by atoms with van der Waals surface area (Å²) in [6, 6.07) is 4.94. The summed E-state index contributed by atoms with van der Waals surface area (Å²) in [6.07, 6.45) is 3.27. The van der Waals surface area contributed by atoms with Crippen molar-refractivity contribution >= 4 is 21.5 Å². The molecule has 1 N–H and O–H groups in total. The molecule has 0 amide bonds. The molecule has 110 valence electrons. The van der Waals surface area contributed by atoms with Crippen LogP contribution in [-0.4, -0.2) is 38.8 Å². The Labute approximate surface area is 119 Å². The number of nitrogens with zero attached hydrogens (tertiary/aromatic N) is 1. The van der Waals surface area contributed by atoms with Crippen LogP contribution in [0.15, 0.2) is 23.1 Å². The van der Waals surface area contributed by atoms with Crippen LogP contribution in [0.3, 0.4) is 0 Å². The van der Waals surface area contributed by atoms with Crippen LogP contribution >= 0.6 is 0 Å². The first kappa shape index (κ1) is 14.8. The third-order valence-corrected chi connectivity index (χ3v) is 4.83. The standard InChI is InChI=1S/C14H19NO4S/c1-10(14(16)17)11-5-6-12(15-7-3-4-8-15)13(9-11)20(2,18)19/h5-6,9-10H,3-4,7-8H2,1-2H3,(H,16,17). The lowest BCUT2D eigenvalue weighted by atomic mass is 10.0. The van der Waals surface area contributed by atoms with Gasteiger partial charge in [0, 0.05) is 19.3 Å². The average molecular weight is 297 g/mol. The molecule has 1 aliphatic rings. The Morgan fingerprint density at radius 2 is 1.90 bits per heavy atom. The molecule has 6 heteroatoms. The highest BCUT2D eigenvalue weighted by Crippen LogP contribution is 2.31. The van der Waals surface area contributed by atoms with Gasteiger partial charge in [-0.05, 0) is 37.5 Å². The average Bonchev–Trinajstić information content (AvgIpc) is 2.89. The molecular formula is C14H19NO4S. The summed E-state index contributed by atoms with van der Waals surface area (Å²) < 4.78 is 24.0. The summed E-state index contributed by atoms with van der Waals surface area (Å²) in [6.45, 7) is 3.24. The van der Waals surface area contributed by atoms with Gasteiger partial charge in [0.05, 0.1) is 16.5 Å². The zero-order valence-corrected chi connectivity index (χ0v) is 12.5. The number of hydrogen-bond donors (Lipinski definition) is 1. The number of rotatable bonds is 4. The second-order valence-corrected chi connectivity index (χ2v) is 7.24. The first-order valence-corrected chi connectivity index (χ1v) is 8.51. The van der Waals surface area contributed by atoms with Crippen LogP contribution in [0.1, 0.15) is 31.2 Å². The smallest absolute Gasteiger partial charge is 0.310 e. The molecule has 0 aromatic heterocycles. The lowest BCUT2D eigenvalue weighted by molar-refractivity contribution is -0.138. The third-order valence-electron chi connectivity index (χ3n) is 3.70. The van der Waals surface area contributed by atoms with Crippen LogP contribution in [0.5, 0.6) is 0 Å². The molecule has 20 heavy (non-hydrogen) atoms. The van der Waals surface area contributed by atoms with Crippen molar-refractivity contribution in [2.24, 2.45) is 0 Å². The zero-order valence-electron chi connectivity index (χ0n) is 11.7. The monoisotopic (exact) mass is 297 g/mol. The summed E-state index contributed by atoms with van der Waals surface area (Å²) in [7, 11) is -3.39. The van der Waals surface area contributed by atoms with Gasteiger partial charge < -0.3 is 10.0 Å². The fourth-order valence-electron chi connectivity index (χ4n) is 2.46. The number of benzene rings is 1. The van der Waals surface area contributed by atoms with Crippen molar-refractivity contribution in [3.05, 3.63) is 23.8 Å². The lowest BCUT2D eigenvalue weighted by Crippen LogP contribution is -2.21. The predicted octanol–water partition coefficient (Wildman–Crippen LogP) is 1.88. The van der Waals surface area contributed by atoms with Crippen LogP contribution < -0.4 is 4.90 Å². The molecule has 1 aromatic rings. The van der Waals surface area contributed by atoms with E-state index >= 15 is 0 Å². The van der Waals surface area contributed by atoms with E-state index in [1.807, 2.05) is 4.90 Å². The topological polar surface area (TPSA) is 74.7 Å². The molecule has 1 saturated heterocycles. The van der Waals surface area contributed by atoms with Gasteiger partial charge in [0.25, 0.3) is 0 Å². The van der Waals surface area contributed by atoms with Gasteiger partial charge in [-0.3, -0.25) is 4.79 Å². The van der Waals surface area contributed by atoms with Crippen molar-refractivity contribution in [3.8, 4) is 0 Å². The van der Waals surface area contributed by atoms with Crippen molar-refractivity contribution in [1.82, 2.24) is 0 Å². The van der Waals surface area contributed by atoms with E-state index in [4.69, 9.17) is 5.11 Å². The molecule has 1 fully saturated rings. The van der Waals surface area contributed by atoms with Gasteiger partial charge in [-0.25, -0.2) is 8.42 Å². The summed E-state index contributed by atoms with van der Waals surface area (Å²) in [5.74, 6) is -1.68. The van der Waals surface area contributed by atoms with E-state index in [0.717, 1.165) is 32.2 Å². The maximum Gasteiger partial charge on any atom is 0.310 e. The zero-order chi connectivity index (χ0) is 14.9. The number of sulfone groups is 1. The fourth-order valence-corrected chi connectivity index (χ4v) is 3.39. The Morgan fingerprint density at radius 1 is 1.30 bits per heavy atom. The van der Waals surface area contributed by atoms with Crippen molar-refractivity contribution in [1.29, 1.82) is 0 Å². The fraction of sp³-hybridized carbons (Fsp3) is 0.500. The van der Waals surface area contributed by atoms with E-state index in [2.05, 4.69) is 0 Å². The van der Waals surface area contributed by atoms with E-state index in [9.17, 15) is 13.2 Å². The molecule has 1 aliphatic heterocycles. The normalized spacial score (nSPS) is 17.2. The van der Waals surface area contributed by atoms with Gasteiger partial charge in [0.1, 0.15) is 0 Å². The minimum Gasteiger partial charge on any atom is -0.481 e. The first-order valence-electron chi connectivity index (χ1n) is 6.62. The summed E-state index contributed by atoms with van der Waals surface area (Å²) in [5.41, 5.74) is 1.20. The molecule has 1 aromatic carbocycles. The maximum atomic E-state index is 12.0. The van der Waals surface area contributed by atoms with Crippen LogP contribution in [0.4, 0.5) is 5.69 Å². The Hall–Kier alpha value is -1.56. The van der Waals surface area contributed by atoms with Gasteiger partial charge in [-0.2, -0.15) is 0 Å². The molecule has 5 nitrogen and oxygen atoms in total. The molecule has 1 unspecified atom stereocenters. The van der Waals surface area contributed by atoms with Gasteiger partial charge >= 0.3 is 5.97 Å². The molecular weight excluding hydrogens is 278 g/mol. The van der Waals surface area contributed by atoms with Crippen LogP contribution in [0.2, 0.25) is 0 Å². The second kappa shape index (κ2) is 5.44. The first-order chi connectivity index (χ1) is 9.30. The van der Waals surface area contributed by atoms with Crippen molar-refractivity contribution in [2.45, 2.75) is 30.6 Å². The number of carboxylic acid groups (broad SMARTS) is 1. The number of aliphatic carboxylic acids is 1. The Bertz CT molecular complexity index is 618. The summed E-state index contributed by atoms with van der Waals surface area (Å²) >= 11 is 0. The van der Waals surface area contributed by atoms with Crippen molar-refractivity contribution < 1.29 is 18.3 Å². The molecule has 0 aliphatic carbocycles. The highest BCUT2D eigenvalue weighted by atomic mass is 32.2. The number of hydrogen-bond acceptors (Lipinski definition) is 4. The molecule has 0 bridgehead atoms. The van der Waals surface area contributed by atoms with E-state index in [0.29, 0.717) is 11.3 Å². The van der Waals surface area contributed by atoms with E-state index in [-0.39, 0.29) is 4.90 Å². The van der Waals surface area contributed by atoms with E-state index < -0.39 is 21.7 Å². The number of anilines is 1. The minimum absolute atomic E-state index is 0.227. The van der Waals surface area contributed by atoms with E-state index in [1.54, 1.807) is 19.1 Å². The summed E-state index contributed by atoms with van der Waals surface area (Å²) in [4.78, 5) is 13.3. The van der Waals surface area contributed by atoms with Crippen molar-refractivity contribution in [3.63, 3.8) is 0 Å². The second-order valence-electron chi connectivity index (χ2n) is 5.25. The molecule has 2 rings (SSSR count). The Kier molecular flexibility index (Phi) is 4.04. The number of carbonyl (C=O) groups is 1. The minimum atomic E-state index is -3.39. The summed E-state index contributed by atoms with van der Waals surface area (Å²) in [5, 5.41) is 9.05. The molecule has 1 heterocycles. The van der Waals surface area contributed by atoms with Gasteiger partial charge in [0.2, 0.25) is 0 Å². The molecule has 0 spiro atoms. The molecule has 1 atom stereocenters. The Morgan fingerprint density at radius 3 is 2.40 bits per heavy atom. The SMILES string of the molecule is CC(C(=O)O)c1ccc(N2CCCC2)c(S(C)(=O)=O)c1. The van der Waals surface area contributed by atoms with Gasteiger partial charge in [-0.1, -0.05) is 6.07 Å². The number of carboxylic acids is 1. The lowest BCUT2D eigenvalue weighted by Gasteiger charge is -2.22. The highest BCUT2D eigenvalue weighted by molar-refractivity contribution is 7.90. The third kappa shape index (κ3) is 2.95. The molecule has 0 saturated carbocycles. The quantitative estimate of drug-likeness (QED) is 0.918. The van der Waals surface area contributed by atoms with Crippen LogP contribution in [0, 0.1) is 0 Å². The Balaban J connectivity index is 2.51. The van der Waals surface area contributed by atoms with E-state index in [1.165, 1.54) is 6.07 Å². The molecule has 0 radical (unpaired) electrons. The van der Waals surface area contributed by atoms with Crippen LogP contribution in [0.25, 0.3) is 0 Å².